The first kappa shape index (κ1) is 23.6. The molecular formula is C20H36N2O5. The summed E-state index contributed by atoms with van der Waals surface area (Å²) in [4.78, 5) is 35.5. The van der Waals surface area contributed by atoms with Crippen molar-refractivity contribution in [2.75, 3.05) is 26.4 Å². The highest BCUT2D eigenvalue weighted by Crippen LogP contribution is 2.24. The fourth-order valence-corrected chi connectivity index (χ4v) is 2.97. The van der Waals surface area contributed by atoms with Crippen molar-refractivity contribution < 1.29 is 23.9 Å². The Hall–Kier alpha value is -1.47. The molecule has 0 unspecified atom stereocenters. The fourth-order valence-electron chi connectivity index (χ4n) is 2.97. The Morgan fingerprint density at radius 3 is 2.26 bits per heavy atom. The summed E-state index contributed by atoms with van der Waals surface area (Å²) in [6, 6.07) is 0.124. The van der Waals surface area contributed by atoms with Crippen LogP contribution >= 0.6 is 0 Å². The van der Waals surface area contributed by atoms with Crippen molar-refractivity contribution >= 4 is 17.6 Å². The average Bonchev–Trinajstić information content (AvgIpc) is 2.62. The van der Waals surface area contributed by atoms with Crippen LogP contribution in [0.5, 0.6) is 0 Å². The Morgan fingerprint density at radius 2 is 1.67 bits per heavy atom. The molecule has 0 spiro atoms. The molecule has 1 rings (SSSR count). The molecule has 0 radical (unpaired) electrons. The van der Waals surface area contributed by atoms with Crippen molar-refractivity contribution in [2.24, 2.45) is 11.8 Å². The smallest absolute Gasteiger partial charge is 0.246 e. The minimum atomic E-state index is -0.0929. The summed E-state index contributed by atoms with van der Waals surface area (Å²) in [6.45, 7) is 8.90. The van der Waals surface area contributed by atoms with Gasteiger partial charge in [0.2, 0.25) is 11.8 Å². The molecule has 7 nitrogen and oxygen atoms in total. The van der Waals surface area contributed by atoms with Crippen molar-refractivity contribution in [3.63, 3.8) is 0 Å². The lowest BCUT2D eigenvalue weighted by molar-refractivity contribution is -0.128. The quantitative estimate of drug-likeness (QED) is 0.501. The standard InChI is InChI=1S/C20H36N2O5/c1-14(2)18(23)9-11-26-12-10-21-20(25)16-5-7-17(8-6-16)22-19(24)13-27-15(3)4/h14-17H,5-13H2,1-4H3,(H,21,25)(H,22,24)/t16-,17-. The van der Waals surface area contributed by atoms with Crippen LogP contribution in [0.15, 0.2) is 0 Å². The van der Waals surface area contributed by atoms with Crippen LogP contribution in [0.1, 0.15) is 59.8 Å². The maximum atomic E-state index is 12.2. The van der Waals surface area contributed by atoms with E-state index in [4.69, 9.17) is 9.47 Å². The number of hydrogen-bond acceptors (Lipinski definition) is 5. The van der Waals surface area contributed by atoms with Gasteiger partial charge in [-0.1, -0.05) is 13.8 Å². The van der Waals surface area contributed by atoms with Crippen molar-refractivity contribution in [3.05, 3.63) is 0 Å². The van der Waals surface area contributed by atoms with E-state index in [1.54, 1.807) is 0 Å². The Kier molecular flexibility index (Phi) is 11.2. The number of rotatable bonds is 12. The summed E-state index contributed by atoms with van der Waals surface area (Å²) in [5.74, 6) is 0.177. The van der Waals surface area contributed by atoms with Gasteiger partial charge < -0.3 is 20.1 Å². The van der Waals surface area contributed by atoms with Gasteiger partial charge in [-0.2, -0.15) is 0 Å². The van der Waals surface area contributed by atoms with E-state index in [0.29, 0.717) is 26.2 Å². The summed E-state index contributed by atoms with van der Waals surface area (Å²) in [5, 5.41) is 5.87. The Labute approximate surface area is 162 Å². The molecule has 27 heavy (non-hydrogen) atoms. The zero-order valence-electron chi connectivity index (χ0n) is 17.2. The molecule has 2 N–H and O–H groups in total. The van der Waals surface area contributed by atoms with Gasteiger partial charge in [-0.05, 0) is 39.5 Å². The van der Waals surface area contributed by atoms with E-state index in [9.17, 15) is 14.4 Å². The van der Waals surface area contributed by atoms with Gasteiger partial charge >= 0.3 is 0 Å². The first-order chi connectivity index (χ1) is 12.8. The Morgan fingerprint density at radius 1 is 1.00 bits per heavy atom. The molecule has 1 aliphatic carbocycles. The molecule has 156 valence electrons. The van der Waals surface area contributed by atoms with Crippen molar-refractivity contribution in [1.29, 1.82) is 0 Å². The van der Waals surface area contributed by atoms with E-state index in [2.05, 4.69) is 10.6 Å². The van der Waals surface area contributed by atoms with Gasteiger partial charge in [-0.3, -0.25) is 14.4 Å². The number of amides is 2. The lowest BCUT2D eigenvalue weighted by Gasteiger charge is -2.28. The SMILES string of the molecule is CC(C)OCC(=O)N[C@H]1CC[C@H](C(=O)NCCOCCC(=O)C(C)C)CC1. The molecular weight excluding hydrogens is 348 g/mol. The van der Waals surface area contributed by atoms with Crippen LogP contribution in [0.2, 0.25) is 0 Å². The third kappa shape index (κ3) is 10.4. The highest BCUT2D eigenvalue weighted by molar-refractivity contribution is 5.80. The second-order valence-electron chi connectivity index (χ2n) is 7.75. The summed E-state index contributed by atoms with van der Waals surface area (Å²) in [7, 11) is 0. The lowest BCUT2D eigenvalue weighted by atomic mass is 9.85. The van der Waals surface area contributed by atoms with E-state index in [1.807, 2.05) is 27.7 Å². The monoisotopic (exact) mass is 384 g/mol. The van der Waals surface area contributed by atoms with E-state index >= 15 is 0 Å². The van der Waals surface area contributed by atoms with Crippen LogP contribution in [0.4, 0.5) is 0 Å². The summed E-state index contributed by atoms with van der Waals surface area (Å²) in [6.07, 6.45) is 3.61. The summed E-state index contributed by atoms with van der Waals surface area (Å²) < 4.78 is 10.7. The highest BCUT2D eigenvalue weighted by Gasteiger charge is 2.26. The van der Waals surface area contributed by atoms with Gasteiger partial charge in [0.25, 0.3) is 0 Å². The molecule has 0 aliphatic heterocycles. The number of nitrogens with one attached hydrogen (secondary N) is 2. The lowest BCUT2D eigenvalue weighted by Crippen LogP contribution is -2.42. The molecule has 0 aromatic carbocycles. The molecule has 0 aromatic heterocycles. The van der Waals surface area contributed by atoms with Gasteiger partial charge in [-0.25, -0.2) is 0 Å². The number of ketones is 1. The van der Waals surface area contributed by atoms with Gasteiger partial charge in [-0.15, -0.1) is 0 Å². The number of carbonyl (C=O) groups excluding carboxylic acids is 3. The first-order valence-corrected chi connectivity index (χ1v) is 10.1. The first-order valence-electron chi connectivity index (χ1n) is 10.1. The molecule has 0 saturated heterocycles. The van der Waals surface area contributed by atoms with Crippen molar-refractivity contribution in [2.45, 2.75) is 71.9 Å². The molecule has 1 fully saturated rings. The summed E-state index contributed by atoms with van der Waals surface area (Å²) in [5.41, 5.74) is 0. The molecule has 1 aliphatic rings. The van der Waals surface area contributed by atoms with E-state index in [-0.39, 0.29) is 48.2 Å². The van der Waals surface area contributed by atoms with Crippen LogP contribution in [0.25, 0.3) is 0 Å². The van der Waals surface area contributed by atoms with Crippen molar-refractivity contribution in [3.8, 4) is 0 Å². The minimum absolute atomic E-state index is 0.00687. The largest absolute Gasteiger partial charge is 0.379 e. The number of hydrogen-bond donors (Lipinski definition) is 2. The van der Waals surface area contributed by atoms with Crippen molar-refractivity contribution in [1.82, 2.24) is 10.6 Å². The highest BCUT2D eigenvalue weighted by atomic mass is 16.5. The van der Waals surface area contributed by atoms with E-state index < -0.39 is 0 Å². The number of ether oxygens (including phenoxy) is 2. The molecule has 7 heteroatoms. The Bertz CT molecular complexity index is 471. The minimum Gasteiger partial charge on any atom is -0.379 e. The van der Waals surface area contributed by atoms with Gasteiger partial charge in [0, 0.05) is 30.8 Å². The molecule has 0 atom stereocenters. The predicted molar refractivity (Wildman–Crippen MR) is 103 cm³/mol. The maximum absolute atomic E-state index is 12.2. The van der Waals surface area contributed by atoms with Gasteiger partial charge in [0.05, 0.1) is 19.3 Å². The normalized spacial score (nSPS) is 19.9. The van der Waals surface area contributed by atoms with Crippen LogP contribution in [-0.4, -0.2) is 56.1 Å². The fraction of sp³-hybridized carbons (Fsp3) is 0.850. The molecule has 2 amide bonds. The predicted octanol–water partition coefficient (Wildman–Crippen LogP) is 1.83. The molecule has 0 aromatic rings. The maximum Gasteiger partial charge on any atom is 0.246 e. The van der Waals surface area contributed by atoms with Crippen LogP contribution in [0.3, 0.4) is 0 Å². The van der Waals surface area contributed by atoms with Gasteiger partial charge in [0.15, 0.2) is 0 Å². The third-order valence-corrected chi connectivity index (χ3v) is 4.69. The number of Topliss-reactive ketones (excluding diaryl/α,β-unsaturated/α-hetero) is 1. The molecule has 0 bridgehead atoms. The second-order valence-corrected chi connectivity index (χ2v) is 7.75. The molecule has 0 heterocycles. The zero-order valence-corrected chi connectivity index (χ0v) is 17.2. The van der Waals surface area contributed by atoms with Crippen LogP contribution < -0.4 is 10.6 Å². The third-order valence-electron chi connectivity index (χ3n) is 4.69. The zero-order chi connectivity index (χ0) is 20.2. The second kappa shape index (κ2) is 12.8. The average molecular weight is 385 g/mol. The number of carbonyl (C=O) groups is 3. The van der Waals surface area contributed by atoms with E-state index in [0.717, 1.165) is 25.7 Å². The topological polar surface area (TPSA) is 93.7 Å². The molecule has 1 saturated carbocycles. The van der Waals surface area contributed by atoms with Crippen LogP contribution in [0, 0.1) is 11.8 Å². The Balaban J connectivity index is 2.10. The van der Waals surface area contributed by atoms with Crippen LogP contribution in [-0.2, 0) is 23.9 Å². The summed E-state index contributed by atoms with van der Waals surface area (Å²) >= 11 is 0. The van der Waals surface area contributed by atoms with Gasteiger partial charge in [0.1, 0.15) is 12.4 Å². The van der Waals surface area contributed by atoms with E-state index in [1.165, 1.54) is 0 Å².